The van der Waals surface area contributed by atoms with Crippen LogP contribution in [-0.2, 0) is 4.74 Å². The number of nitrogens with two attached hydrogens (primary N) is 1. The fraction of sp³-hybridized carbons (Fsp3) is 0.938. The van der Waals surface area contributed by atoms with Crippen LogP contribution < -0.4 is 11.1 Å². The number of nitrogens with one attached hydrogen (secondary N) is 1. The van der Waals surface area contributed by atoms with E-state index in [4.69, 9.17) is 10.5 Å². The molecule has 3 fully saturated rings. The number of amides is 2. The number of ether oxygens (including phenoxy) is 1. The fourth-order valence-corrected chi connectivity index (χ4v) is 4.34. The van der Waals surface area contributed by atoms with Gasteiger partial charge in [-0.15, -0.1) is 0 Å². The summed E-state index contributed by atoms with van der Waals surface area (Å²) in [7, 11) is 0. The Morgan fingerprint density at radius 3 is 2.52 bits per heavy atom. The van der Waals surface area contributed by atoms with Crippen LogP contribution in [0.25, 0.3) is 0 Å². The van der Waals surface area contributed by atoms with Gasteiger partial charge in [0.05, 0.1) is 11.7 Å². The molecular formula is C16H29N3O2. The predicted octanol–water partition coefficient (Wildman–Crippen LogP) is 2.00. The van der Waals surface area contributed by atoms with Gasteiger partial charge in [0.25, 0.3) is 0 Å². The molecule has 1 spiro atoms. The number of nitrogens with zero attached hydrogens (tertiary/aromatic N) is 1. The molecular weight excluding hydrogens is 266 g/mol. The third kappa shape index (κ3) is 3.89. The van der Waals surface area contributed by atoms with Gasteiger partial charge in [0.15, 0.2) is 0 Å². The predicted molar refractivity (Wildman–Crippen MR) is 82.1 cm³/mol. The molecule has 1 atom stereocenters. The Balaban J connectivity index is 1.41. The van der Waals surface area contributed by atoms with Crippen molar-refractivity contribution in [3.8, 4) is 0 Å². The number of piperidine rings is 1. The van der Waals surface area contributed by atoms with Gasteiger partial charge in [-0.1, -0.05) is 19.3 Å². The molecule has 5 heteroatoms. The van der Waals surface area contributed by atoms with Gasteiger partial charge in [-0.25, -0.2) is 4.79 Å². The monoisotopic (exact) mass is 295 g/mol. The van der Waals surface area contributed by atoms with Gasteiger partial charge >= 0.3 is 6.03 Å². The maximum absolute atomic E-state index is 10.9. The number of hydrogen-bond acceptors (Lipinski definition) is 3. The van der Waals surface area contributed by atoms with E-state index in [1.807, 2.05) is 0 Å². The van der Waals surface area contributed by atoms with Crippen LogP contribution in [0.3, 0.4) is 0 Å². The van der Waals surface area contributed by atoms with Crippen molar-refractivity contribution in [3.05, 3.63) is 0 Å². The highest BCUT2D eigenvalue weighted by Crippen LogP contribution is 2.42. The Kier molecular flexibility index (Phi) is 4.69. The van der Waals surface area contributed by atoms with E-state index < -0.39 is 6.03 Å². The van der Waals surface area contributed by atoms with Crippen molar-refractivity contribution < 1.29 is 9.53 Å². The maximum Gasteiger partial charge on any atom is 0.312 e. The second-order valence-corrected chi connectivity index (χ2v) is 7.11. The van der Waals surface area contributed by atoms with Crippen molar-refractivity contribution in [1.82, 2.24) is 10.2 Å². The van der Waals surface area contributed by atoms with Gasteiger partial charge in [0, 0.05) is 25.7 Å². The summed E-state index contributed by atoms with van der Waals surface area (Å²) in [6.45, 7) is 3.14. The number of carbonyl (C=O) groups is 1. The average molecular weight is 295 g/mol. The molecule has 1 saturated carbocycles. The first-order valence-electron chi connectivity index (χ1n) is 8.61. The highest BCUT2D eigenvalue weighted by Gasteiger charge is 2.41. The lowest BCUT2D eigenvalue weighted by Gasteiger charge is -2.36. The zero-order valence-electron chi connectivity index (χ0n) is 13.0. The summed E-state index contributed by atoms with van der Waals surface area (Å²) < 4.78 is 6.45. The number of hydrogen-bond donors (Lipinski definition) is 2. The molecule has 0 aromatic rings. The van der Waals surface area contributed by atoms with Crippen molar-refractivity contribution >= 4 is 6.03 Å². The Hall–Kier alpha value is -0.810. The molecule has 21 heavy (non-hydrogen) atoms. The van der Waals surface area contributed by atoms with Crippen LogP contribution in [0.1, 0.15) is 57.8 Å². The molecule has 3 N–H and O–H groups in total. The average Bonchev–Trinajstić information content (AvgIpc) is 2.84. The Bertz CT molecular complexity index is 361. The topological polar surface area (TPSA) is 67.6 Å². The van der Waals surface area contributed by atoms with E-state index in [2.05, 4.69) is 10.2 Å². The Morgan fingerprint density at radius 1 is 1.14 bits per heavy atom. The Morgan fingerprint density at radius 2 is 1.86 bits per heavy atom. The lowest BCUT2D eigenvalue weighted by atomic mass is 9.83. The van der Waals surface area contributed by atoms with E-state index in [1.165, 1.54) is 44.9 Å². The minimum atomic E-state index is -0.396. The molecule has 120 valence electrons. The summed E-state index contributed by atoms with van der Waals surface area (Å²) >= 11 is 0. The van der Waals surface area contributed by atoms with Crippen molar-refractivity contribution in [1.29, 1.82) is 0 Å². The fourth-order valence-electron chi connectivity index (χ4n) is 4.34. The SMILES string of the molecule is NC(=O)NC1CCN(CC2CCC3(CCCCC3)O2)CC1. The third-order valence-electron chi connectivity index (χ3n) is 5.50. The molecule has 2 heterocycles. The molecule has 1 aliphatic carbocycles. The van der Waals surface area contributed by atoms with Crippen LogP contribution >= 0.6 is 0 Å². The Labute approximate surface area is 127 Å². The summed E-state index contributed by atoms with van der Waals surface area (Å²) in [4.78, 5) is 13.4. The molecule has 2 amide bonds. The van der Waals surface area contributed by atoms with Crippen molar-refractivity contribution in [2.24, 2.45) is 5.73 Å². The highest BCUT2D eigenvalue weighted by atomic mass is 16.5. The van der Waals surface area contributed by atoms with E-state index in [-0.39, 0.29) is 11.6 Å². The van der Waals surface area contributed by atoms with Crippen molar-refractivity contribution in [3.63, 3.8) is 0 Å². The van der Waals surface area contributed by atoms with Crippen LogP contribution in [0.15, 0.2) is 0 Å². The molecule has 1 unspecified atom stereocenters. The molecule has 0 aromatic carbocycles. The maximum atomic E-state index is 10.9. The van der Waals surface area contributed by atoms with Gasteiger partial charge in [0.2, 0.25) is 0 Å². The second-order valence-electron chi connectivity index (χ2n) is 7.11. The first-order valence-corrected chi connectivity index (χ1v) is 8.61. The van der Waals surface area contributed by atoms with Crippen LogP contribution in [0.2, 0.25) is 0 Å². The van der Waals surface area contributed by atoms with Crippen LogP contribution in [0.5, 0.6) is 0 Å². The minimum Gasteiger partial charge on any atom is -0.370 e. The molecule has 0 aromatic heterocycles. The van der Waals surface area contributed by atoms with Crippen molar-refractivity contribution in [2.75, 3.05) is 19.6 Å². The first kappa shape index (κ1) is 15.1. The van der Waals surface area contributed by atoms with Crippen LogP contribution in [0.4, 0.5) is 4.79 Å². The molecule has 5 nitrogen and oxygen atoms in total. The second kappa shape index (κ2) is 6.53. The van der Waals surface area contributed by atoms with Gasteiger partial charge in [0.1, 0.15) is 0 Å². The molecule has 3 rings (SSSR count). The molecule has 0 radical (unpaired) electrons. The molecule has 3 aliphatic rings. The van der Waals surface area contributed by atoms with Gasteiger partial charge < -0.3 is 20.7 Å². The number of carbonyl (C=O) groups excluding carboxylic acids is 1. The lowest BCUT2D eigenvalue weighted by molar-refractivity contribution is -0.0731. The third-order valence-corrected chi connectivity index (χ3v) is 5.50. The highest BCUT2D eigenvalue weighted by molar-refractivity contribution is 5.71. The number of rotatable bonds is 3. The summed E-state index contributed by atoms with van der Waals surface area (Å²) in [5, 5.41) is 2.82. The zero-order chi connectivity index (χ0) is 14.7. The standard InChI is InChI=1S/C16H29N3O2/c17-15(20)18-13-5-10-19(11-6-13)12-14-4-9-16(21-14)7-2-1-3-8-16/h13-14H,1-12H2,(H3,17,18,20). The summed E-state index contributed by atoms with van der Waals surface area (Å²) in [6.07, 6.45) is 11.5. The quantitative estimate of drug-likeness (QED) is 0.837. The number of likely N-dealkylation sites (tertiary alicyclic amines) is 1. The number of urea groups is 1. The van der Waals surface area contributed by atoms with Gasteiger partial charge in [-0.3, -0.25) is 0 Å². The van der Waals surface area contributed by atoms with E-state index in [0.29, 0.717) is 6.10 Å². The van der Waals surface area contributed by atoms with Crippen LogP contribution in [-0.4, -0.2) is 48.3 Å². The first-order chi connectivity index (χ1) is 10.2. The minimum absolute atomic E-state index is 0.231. The summed E-state index contributed by atoms with van der Waals surface area (Å²) in [5.41, 5.74) is 5.42. The summed E-state index contributed by atoms with van der Waals surface area (Å²) in [6, 6.07) is -0.139. The summed E-state index contributed by atoms with van der Waals surface area (Å²) in [5.74, 6) is 0. The largest absolute Gasteiger partial charge is 0.370 e. The van der Waals surface area contributed by atoms with Gasteiger partial charge in [-0.05, 0) is 38.5 Å². The van der Waals surface area contributed by atoms with Crippen molar-refractivity contribution in [2.45, 2.75) is 75.5 Å². The van der Waals surface area contributed by atoms with Gasteiger partial charge in [-0.2, -0.15) is 0 Å². The molecule has 2 saturated heterocycles. The van der Waals surface area contributed by atoms with E-state index in [0.717, 1.165) is 32.5 Å². The van der Waals surface area contributed by atoms with E-state index >= 15 is 0 Å². The van der Waals surface area contributed by atoms with E-state index in [1.54, 1.807) is 0 Å². The number of primary amides is 1. The zero-order valence-corrected chi connectivity index (χ0v) is 13.0. The normalized spacial score (nSPS) is 30.6. The molecule has 0 bridgehead atoms. The smallest absolute Gasteiger partial charge is 0.312 e. The molecule has 2 aliphatic heterocycles. The lowest BCUT2D eigenvalue weighted by Crippen LogP contribution is -2.48. The van der Waals surface area contributed by atoms with Crippen LogP contribution in [0, 0.1) is 0 Å². The van der Waals surface area contributed by atoms with E-state index in [9.17, 15) is 4.79 Å².